The minimum atomic E-state index is -4.63. The summed E-state index contributed by atoms with van der Waals surface area (Å²) in [5.74, 6) is -1.41. The molecule has 0 aliphatic heterocycles. The van der Waals surface area contributed by atoms with Gasteiger partial charge in [0.25, 0.3) is 0 Å². The molecule has 0 saturated carbocycles. The molecule has 0 fully saturated rings. The lowest BCUT2D eigenvalue weighted by Gasteiger charge is -2.13. The Balaban J connectivity index is 2.09. The Bertz CT molecular complexity index is 882. The Morgan fingerprint density at radius 3 is 2.28 bits per heavy atom. The van der Waals surface area contributed by atoms with Gasteiger partial charge in [0.2, 0.25) is 5.91 Å². The molecule has 2 rings (SSSR count). The Hall–Kier alpha value is -2.06. The highest BCUT2D eigenvalue weighted by Gasteiger charge is 2.33. The highest BCUT2D eigenvalue weighted by atomic mass is 35.5. The van der Waals surface area contributed by atoms with Gasteiger partial charge in [-0.05, 0) is 24.3 Å². The number of carbonyl (C=O) groups excluding carboxylic acids is 1. The second-order valence-corrected chi connectivity index (χ2v) is 7.58. The molecular weight excluding hydrogens is 379 g/mol. The summed E-state index contributed by atoms with van der Waals surface area (Å²) >= 11 is 5.82. The van der Waals surface area contributed by atoms with Gasteiger partial charge in [-0.25, -0.2) is 8.42 Å². The Kier molecular flexibility index (Phi) is 5.74. The second kappa shape index (κ2) is 7.45. The first-order valence-electron chi connectivity index (χ1n) is 7.04. The van der Waals surface area contributed by atoms with E-state index in [9.17, 15) is 26.4 Å². The van der Waals surface area contributed by atoms with E-state index in [1.165, 1.54) is 30.3 Å². The number of carbonyl (C=O) groups is 1. The summed E-state index contributed by atoms with van der Waals surface area (Å²) in [5.41, 5.74) is -1.42. The molecule has 1 N–H and O–H groups in total. The maximum Gasteiger partial charge on any atom is 0.418 e. The van der Waals surface area contributed by atoms with Gasteiger partial charge in [-0.1, -0.05) is 35.9 Å². The molecule has 0 atom stereocenters. The van der Waals surface area contributed by atoms with Crippen molar-refractivity contribution in [2.45, 2.75) is 17.5 Å². The first kappa shape index (κ1) is 19.3. The molecule has 0 bridgehead atoms. The molecule has 0 unspecified atom stereocenters. The van der Waals surface area contributed by atoms with Gasteiger partial charge in [0.05, 0.1) is 26.9 Å². The molecule has 4 nitrogen and oxygen atoms in total. The largest absolute Gasteiger partial charge is 0.418 e. The van der Waals surface area contributed by atoms with Gasteiger partial charge >= 0.3 is 6.18 Å². The smallest absolute Gasteiger partial charge is 0.325 e. The molecule has 1 amide bonds. The lowest BCUT2D eigenvalue weighted by Crippen LogP contribution is -2.20. The summed E-state index contributed by atoms with van der Waals surface area (Å²) < 4.78 is 63.0. The monoisotopic (exact) mass is 391 g/mol. The van der Waals surface area contributed by atoms with Gasteiger partial charge in [0, 0.05) is 6.42 Å². The number of para-hydroxylation sites is 1. The zero-order valence-electron chi connectivity index (χ0n) is 12.7. The summed E-state index contributed by atoms with van der Waals surface area (Å²) in [7, 11) is -3.83. The average molecular weight is 392 g/mol. The van der Waals surface area contributed by atoms with E-state index in [1.54, 1.807) is 6.07 Å². The molecule has 0 spiro atoms. The van der Waals surface area contributed by atoms with Crippen molar-refractivity contribution >= 4 is 33.0 Å². The number of benzene rings is 2. The molecule has 2 aromatic carbocycles. The van der Waals surface area contributed by atoms with E-state index in [-0.39, 0.29) is 9.92 Å². The van der Waals surface area contributed by atoms with Crippen molar-refractivity contribution in [1.29, 1.82) is 0 Å². The van der Waals surface area contributed by atoms with Crippen LogP contribution in [0.25, 0.3) is 0 Å². The predicted molar refractivity (Wildman–Crippen MR) is 88.2 cm³/mol. The van der Waals surface area contributed by atoms with E-state index < -0.39 is 45.3 Å². The van der Waals surface area contributed by atoms with Gasteiger partial charge in [-0.3, -0.25) is 4.79 Å². The van der Waals surface area contributed by atoms with Gasteiger partial charge in [0.15, 0.2) is 9.84 Å². The topological polar surface area (TPSA) is 63.2 Å². The lowest BCUT2D eigenvalue weighted by atomic mass is 10.1. The number of amides is 1. The van der Waals surface area contributed by atoms with E-state index in [2.05, 4.69) is 5.32 Å². The van der Waals surface area contributed by atoms with Crippen LogP contribution in [0.5, 0.6) is 0 Å². The third-order valence-corrected chi connectivity index (χ3v) is 5.49. The zero-order valence-corrected chi connectivity index (χ0v) is 14.3. The number of rotatable bonds is 5. The second-order valence-electron chi connectivity index (χ2n) is 5.09. The summed E-state index contributed by atoms with van der Waals surface area (Å²) in [4.78, 5) is 11.8. The van der Waals surface area contributed by atoms with E-state index >= 15 is 0 Å². The highest BCUT2D eigenvalue weighted by Crippen LogP contribution is 2.34. The third-order valence-electron chi connectivity index (χ3n) is 3.28. The van der Waals surface area contributed by atoms with Crippen LogP contribution in [0.15, 0.2) is 53.4 Å². The summed E-state index contributed by atoms with van der Waals surface area (Å²) in [6.07, 6.45) is -5.13. The molecule has 9 heteroatoms. The molecular formula is C16H13ClF3NO3S. The van der Waals surface area contributed by atoms with Crippen LogP contribution < -0.4 is 5.32 Å². The number of halogens is 4. The van der Waals surface area contributed by atoms with Crippen LogP contribution in [-0.2, 0) is 20.8 Å². The number of anilines is 1. The molecule has 25 heavy (non-hydrogen) atoms. The highest BCUT2D eigenvalue weighted by molar-refractivity contribution is 7.91. The summed E-state index contributed by atoms with van der Waals surface area (Å²) in [6, 6.07) is 10.2. The van der Waals surface area contributed by atoms with Crippen LogP contribution >= 0.6 is 11.6 Å². The Morgan fingerprint density at radius 1 is 1.04 bits per heavy atom. The van der Waals surface area contributed by atoms with E-state index in [4.69, 9.17) is 11.6 Å². The standard InChI is InChI=1S/C16H13ClF3NO3S/c17-12-6-2-4-8-14(12)25(23,24)10-9-15(22)21-13-7-3-1-5-11(13)16(18,19)20/h1-8H,9-10H2,(H,21,22). The molecule has 0 saturated heterocycles. The maximum absolute atomic E-state index is 12.9. The molecule has 0 heterocycles. The van der Waals surface area contributed by atoms with E-state index in [0.717, 1.165) is 12.1 Å². The van der Waals surface area contributed by atoms with Crippen LogP contribution in [0, 0.1) is 0 Å². The molecule has 134 valence electrons. The van der Waals surface area contributed by atoms with Crippen LogP contribution in [0.4, 0.5) is 18.9 Å². The number of nitrogens with one attached hydrogen (secondary N) is 1. The normalized spacial score (nSPS) is 12.0. The molecule has 0 aliphatic rings. The first-order chi connectivity index (χ1) is 11.6. The fourth-order valence-electron chi connectivity index (χ4n) is 2.09. The molecule has 0 aliphatic carbocycles. The van der Waals surface area contributed by atoms with Gasteiger partial charge in [-0.2, -0.15) is 13.2 Å². The Morgan fingerprint density at radius 2 is 1.64 bits per heavy atom. The Labute approximate surface area is 147 Å². The number of sulfone groups is 1. The van der Waals surface area contributed by atoms with Crippen molar-refractivity contribution in [2.75, 3.05) is 11.1 Å². The van der Waals surface area contributed by atoms with Crippen molar-refractivity contribution < 1.29 is 26.4 Å². The third kappa shape index (κ3) is 4.96. The molecule has 0 aromatic heterocycles. The van der Waals surface area contributed by atoms with Crippen LogP contribution in [0.2, 0.25) is 5.02 Å². The van der Waals surface area contributed by atoms with Gasteiger partial charge in [-0.15, -0.1) is 0 Å². The molecule has 0 radical (unpaired) electrons. The van der Waals surface area contributed by atoms with Crippen LogP contribution in [-0.4, -0.2) is 20.1 Å². The van der Waals surface area contributed by atoms with Gasteiger partial charge in [0.1, 0.15) is 0 Å². The first-order valence-corrected chi connectivity index (χ1v) is 9.07. The van der Waals surface area contributed by atoms with Crippen molar-refractivity contribution in [3.63, 3.8) is 0 Å². The van der Waals surface area contributed by atoms with Crippen LogP contribution in [0.1, 0.15) is 12.0 Å². The number of alkyl halides is 3. The summed E-state index contributed by atoms with van der Waals surface area (Å²) in [5, 5.41) is 2.12. The minimum absolute atomic E-state index is 0.0188. The quantitative estimate of drug-likeness (QED) is 0.832. The fourth-order valence-corrected chi connectivity index (χ4v) is 3.90. The number of hydrogen-bond acceptors (Lipinski definition) is 3. The van der Waals surface area contributed by atoms with Crippen molar-refractivity contribution in [3.8, 4) is 0 Å². The van der Waals surface area contributed by atoms with E-state index in [1.807, 2.05) is 0 Å². The maximum atomic E-state index is 12.9. The fraction of sp³-hybridized carbons (Fsp3) is 0.188. The van der Waals surface area contributed by atoms with Crippen molar-refractivity contribution in [3.05, 3.63) is 59.1 Å². The van der Waals surface area contributed by atoms with Crippen LogP contribution in [0.3, 0.4) is 0 Å². The van der Waals surface area contributed by atoms with Crippen molar-refractivity contribution in [2.24, 2.45) is 0 Å². The zero-order chi connectivity index (χ0) is 18.7. The number of hydrogen-bond donors (Lipinski definition) is 1. The van der Waals surface area contributed by atoms with E-state index in [0.29, 0.717) is 0 Å². The van der Waals surface area contributed by atoms with Crippen molar-refractivity contribution in [1.82, 2.24) is 0 Å². The average Bonchev–Trinajstić information content (AvgIpc) is 2.53. The lowest BCUT2D eigenvalue weighted by molar-refractivity contribution is -0.137. The predicted octanol–water partition coefficient (Wildman–Crippen LogP) is 4.16. The minimum Gasteiger partial charge on any atom is -0.325 e. The SMILES string of the molecule is O=C(CCS(=O)(=O)c1ccccc1Cl)Nc1ccccc1C(F)(F)F. The van der Waals surface area contributed by atoms with Gasteiger partial charge < -0.3 is 5.32 Å². The summed E-state index contributed by atoms with van der Waals surface area (Å²) in [6.45, 7) is 0. The molecule has 2 aromatic rings.